The maximum atomic E-state index is 5.45. The van der Waals surface area contributed by atoms with Gasteiger partial charge in [-0.2, -0.15) is 0 Å². The van der Waals surface area contributed by atoms with Crippen LogP contribution in [-0.2, 0) is 11.4 Å². The van der Waals surface area contributed by atoms with E-state index in [-0.39, 0.29) is 0 Å². The number of oxime groups is 1. The lowest BCUT2D eigenvalue weighted by Gasteiger charge is -2.06. The number of rotatable bonds is 5. The highest BCUT2D eigenvalue weighted by atomic mass is 16.6. The van der Waals surface area contributed by atoms with E-state index in [1.54, 1.807) is 7.11 Å². The van der Waals surface area contributed by atoms with Gasteiger partial charge in [0.05, 0.1) is 12.8 Å². The third-order valence-electron chi connectivity index (χ3n) is 3.74. The molecule has 0 aliphatic heterocycles. The first-order valence-electron chi connectivity index (χ1n) is 7.55. The molecule has 0 spiro atoms. The molecule has 3 heteroatoms. The lowest BCUT2D eigenvalue weighted by atomic mass is 10.0. The maximum Gasteiger partial charge on any atom is 0.142 e. The van der Waals surface area contributed by atoms with Crippen molar-refractivity contribution in [2.75, 3.05) is 7.11 Å². The Morgan fingerprint density at radius 2 is 1.65 bits per heavy atom. The highest BCUT2D eigenvalue weighted by Gasteiger charge is 2.02. The summed E-state index contributed by atoms with van der Waals surface area (Å²) >= 11 is 0. The Balaban J connectivity index is 1.75. The minimum atomic E-state index is 0.475. The third kappa shape index (κ3) is 3.69. The van der Waals surface area contributed by atoms with E-state index in [1.165, 1.54) is 0 Å². The fourth-order valence-corrected chi connectivity index (χ4v) is 2.41. The van der Waals surface area contributed by atoms with E-state index in [0.717, 1.165) is 33.4 Å². The Morgan fingerprint density at radius 1 is 0.913 bits per heavy atom. The molecule has 0 aliphatic rings. The number of methoxy groups -OCH3 is 1. The number of benzene rings is 3. The van der Waals surface area contributed by atoms with Crippen LogP contribution in [0, 0.1) is 0 Å². The molecule has 3 aromatic carbocycles. The summed E-state index contributed by atoms with van der Waals surface area (Å²) in [5.74, 6) is 0.863. The van der Waals surface area contributed by atoms with Crippen LogP contribution in [0.1, 0.15) is 18.1 Å². The van der Waals surface area contributed by atoms with Crippen molar-refractivity contribution in [2.45, 2.75) is 13.5 Å². The second kappa shape index (κ2) is 6.97. The van der Waals surface area contributed by atoms with E-state index in [1.807, 2.05) is 55.5 Å². The molecule has 0 heterocycles. The lowest BCUT2D eigenvalue weighted by Crippen LogP contribution is -1.97. The monoisotopic (exact) mass is 305 g/mol. The van der Waals surface area contributed by atoms with Crippen LogP contribution in [0.15, 0.2) is 71.9 Å². The van der Waals surface area contributed by atoms with Crippen LogP contribution >= 0.6 is 0 Å². The normalized spacial score (nSPS) is 11.5. The molecule has 0 amide bonds. The van der Waals surface area contributed by atoms with Crippen LogP contribution in [0.5, 0.6) is 5.75 Å². The van der Waals surface area contributed by atoms with Gasteiger partial charge in [-0.3, -0.25) is 0 Å². The van der Waals surface area contributed by atoms with Crippen LogP contribution in [0.4, 0.5) is 0 Å². The Bertz CT molecular complexity index is 825. The summed E-state index contributed by atoms with van der Waals surface area (Å²) in [6.07, 6.45) is 0. The molecule has 3 rings (SSSR count). The first-order chi connectivity index (χ1) is 11.3. The summed E-state index contributed by atoms with van der Waals surface area (Å²) in [5, 5.41) is 6.52. The van der Waals surface area contributed by atoms with Crippen molar-refractivity contribution in [2.24, 2.45) is 5.16 Å². The van der Waals surface area contributed by atoms with Crippen molar-refractivity contribution in [3.8, 4) is 5.75 Å². The molecule has 0 saturated carbocycles. The standard InChI is InChI=1S/C20H19NO2/c1-15(21-23-14-16-6-4-3-5-7-16)17-8-9-19-13-20(22-2)11-10-18(19)12-17/h3-13H,14H2,1-2H3. The Kier molecular flexibility index (Phi) is 4.57. The van der Waals surface area contributed by atoms with Gasteiger partial charge < -0.3 is 9.57 Å². The zero-order valence-electron chi connectivity index (χ0n) is 13.3. The molecule has 23 heavy (non-hydrogen) atoms. The van der Waals surface area contributed by atoms with Gasteiger partial charge in [0, 0.05) is 0 Å². The van der Waals surface area contributed by atoms with Gasteiger partial charge in [-0.1, -0.05) is 53.7 Å². The van der Waals surface area contributed by atoms with E-state index in [9.17, 15) is 0 Å². The molecule has 0 aliphatic carbocycles. The van der Waals surface area contributed by atoms with E-state index in [4.69, 9.17) is 9.57 Å². The highest BCUT2D eigenvalue weighted by molar-refractivity contribution is 6.01. The molecular weight excluding hydrogens is 286 g/mol. The highest BCUT2D eigenvalue weighted by Crippen LogP contribution is 2.22. The second-order valence-corrected chi connectivity index (χ2v) is 5.36. The molecule has 3 nitrogen and oxygen atoms in total. The summed E-state index contributed by atoms with van der Waals surface area (Å²) < 4.78 is 5.25. The van der Waals surface area contributed by atoms with Gasteiger partial charge in [0.2, 0.25) is 0 Å². The summed E-state index contributed by atoms with van der Waals surface area (Å²) in [4.78, 5) is 5.45. The number of fused-ring (bicyclic) bond motifs is 1. The topological polar surface area (TPSA) is 30.8 Å². The molecular formula is C20H19NO2. The van der Waals surface area contributed by atoms with Gasteiger partial charge in [-0.25, -0.2) is 0 Å². The number of ether oxygens (including phenoxy) is 1. The van der Waals surface area contributed by atoms with Crippen LogP contribution in [0.2, 0.25) is 0 Å². The smallest absolute Gasteiger partial charge is 0.142 e. The van der Waals surface area contributed by atoms with Gasteiger partial charge >= 0.3 is 0 Å². The average Bonchev–Trinajstić information content (AvgIpc) is 2.61. The number of hydrogen-bond donors (Lipinski definition) is 0. The van der Waals surface area contributed by atoms with E-state index < -0.39 is 0 Å². The van der Waals surface area contributed by atoms with Crippen molar-refractivity contribution in [1.82, 2.24) is 0 Å². The quantitative estimate of drug-likeness (QED) is 0.501. The minimum absolute atomic E-state index is 0.475. The van der Waals surface area contributed by atoms with Crippen LogP contribution in [0.3, 0.4) is 0 Å². The SMILES string of the molecule is COc1ccc2cc(C(C)=NOCc3ccccc3)ccc2c1. The predicted octanol–water partition coefficient (Wildman–Crippen LogP) is 4.79. The fourth-order valence-electron chi connectivity index (χ4n) is 2.41. The van der Waals surface area contributed by atoms with Gasteiger partial charge in [0.25, 0.3) is 0 Å². The average molecular weight is 305 g/mol. The predicted molar refractivity (Wildman–Crippen MR) is 93.9 cm³/mol. The maximum absolute atomic E-state index is 5.45. The van der Waals surface area contributed by atoms with Gasteiger partial charge in [-0.05, 0) is 47.0 Å². The molecule has 0 saturated heterocycles. The van der Waals surface area contributed by atoms with Crippen LogP contribution in [0.25, 0.3) is 10.8 Å². The molecule has 0 radical (unpaired) electrons. The molecule has 0 atom stereocenters. The largest absolute Gasteiger partial charge is 0.497 e. The molecule has 116 valence electrons. The summed E-state index contributed by atoms with van der Waals surface area (Å²) in [6, 6.07) is 22.3. The van der Waals surface area contributed by atoms with Gasteiger partial charge in [0.1, 0.15) is 12.4 Å². The van der Waals surface area contributed by atoms with Crippen LogP contribution < -0.4 is 4.74 Å². The summed E-state index contributed by atoms with van der Waals surface area (Å²) in [6.45, 7) is 2.43. The molecule has 0 bridgehead atoms. The summed E-state index contributed by atoms with van der Waals surface area (Å²) in [7, 11) is 1.68. The minimum Gasteiger partial charge on any atom is -0.497 e. The number of hydrogen-bond acceptors (Lipinski definition) is 3. The Labute approximate surface area is 136 Å². The number of nitrogens with zero attached hydrogens (tertiary/aromatic N) is 1. The first kappa shape index (κ1) is 15.1. The third-order valence-corrected chi connectivity index (χ3v) is 3.74. The molecule has 0 unspecified atom stereocenters. The van der Waals surface area contributed by atoms with Crippen molar-refractivity contribution in [3.05, 3.63) is 77.9 Å². The van der Waals surface area contributed by atoms with E-state index in [0.29, 0.717) is 6.61 Å². The second-order valence-electron chi connectivity index (χ2n) is 5.36. The summed E-state index contributed by atoms with van der Waals surface area (Å²) in [5.41, 5.74) is 3.02. The van der Waals surface area contributed by atoms with Crippen molar-refractivity contribution >= 4 is 16.5 Å². The van der Waals surface area contributed by atoms with E-state index >= 15 is 0 Å². The zero-order valence-corrected chi connectivity index (χ0v) is 13.3. The molecule has 3 aromatic rings. The van der Waals surface area contributed by atoms with Gasteiger partial charge in [0.15, 0.2) is 0 Å². The van der Waals surface area contributed by atoms with Crippen LogP contribution in [-0.4, -0.2) is 12.8 Å². The van der Waals surface area contributed by atoms with Crippen molar-refractivity contribution in [1.29, 1.82) is 0 Å². The first-order valence-corrected chi connectivity index (χ1v) is 7.55. The van der Waals surface area contributed by atoms with Gasteiger partial charge in [-0.15, -0.1) is 0 Å². The molecule has 0 N–H and O–H groups in total. The van der Waals surface area contributed by atoms with Crippen molar-refractivity contribution in [3.63, 3.8) is 0 Å². The van der Waals surface area contributed by atoms with Crippen molar-refractivity contribution < 1.29 is 9.57 Å². The Hall–Kier alpha value is -2.81. The lowest BCUT2D eigenvalue weighted by molar-refractivity contribution is 0.130. The molecule has 0 aromatic heterocycles. The zero-order chi connectivity index (χ0) is 16.1. The molecule has 0 fully saturated rings. The van der Waals surface area contributed by atoms with E-state index in [2.05, 4.69) is 23.4 Å². The Morgan fingerprint density at radius 3 is 2.43 bits per heavy atom. The fraction of sp³-hybridized carbons (Fsp3) is 0.150.